The van der Waals surface area contributed by atoms with Gasteiger partial charge in [0.05, 0.1) is 6.07 Å². The van der Waals surface area contributed by atoms with Gasteiger partial charge in [0.1, 0.15) is 5.54 Å². The summed E-state index contributed by atoms with van der Waals surface area (Å²) in [6.07, 6.45) is 11.9. The van der Waals surface area contributed by atoms with Crippen molar-refractivity contribution in [1.82, 2.24) is 5.32 Å². The largest absolute Gasteiger partial charge is 0.338 e. The van der Waals surface area contributed by atoms with Crippen molar-refractivity contribution in [2.75, 3.05) is 0 Å². The van der Waals surface area contributed by atoms with Gasteiger partial charge in [-0.05, 0) is 50.4 Å². The van der Waals surface area contributed by atoms with Crippen LogP contribution in [0.4, 0.5) is 0 Å². The molecule has 2 aliphatic carbocycles. The standard InChI is InChI=1S/C17H28N2O/c1-2-14-8-10-17(13-18,11-9-14)19-16(20)12-15-6-4-3-5-7-15/h14-15H,2-12H2,1H3,(H,19,20). The molecule has 0 aliphatic heterocycles. The Hall–Kier alpha value is -1.04. The summed E-state index contributed by atoms with van der Waals surface area (Å²) in [6, 6.07) is 2.40. The summed E-state index contributed by atoms with van der Waals surface area (Å²) in [7, 11) is 0. The number of carbonyl (C=O) groups is 1. The van der Waals surface area contributed by atoms with Gasteiger partial charge in [-0.1, -0.05) is 32.6 Å². The molecule has 2 rings (SSSR count). The molecule has 1 N–H and O–H groups in total. The third-order valence-electron chi connectivity index (χ3n) is 5.33. The minimum atomic E-state index is -0.572. The molecule has 0 saturated heterocycles. The van der Waals surface area contributed by atoms with Crippen molar-refractivity contribution >= 4 is 5.91 Å². The molecule has 112 valence electrons. The molecular formula is C17H28N2O. The number of rotatable bonds is 4. The first-order valence-corrected chi connectivity index (χ1v) is 8.39. The maximum atomic E-state index is 12.2. The van der Waals surface area contributed by atoms with E-state index in [9.17, 15) is 10.1 Å². The van der Waals surface area contributed by atoms with Gasteiger partial charge in [-0.25, -0.2) is 0 Å². The van der Waals surface area contributed by atoms with Crippen molar-refractivity contribution in [3.05, 3.63) is 0 Å². The van der Waals surface area contributed by atoms with Crippen molar-refractivity contribution in [2.45, 2.75) is 83.1 Å². The number of nitrogens with zero attached hydrogens (tertiary/aromatic N) is 1. The minimum absolute atomic E-state index is 0.105. The summed E-state index contributed by atoms with van der Waals surface area (Å²) in [5, 5.41) is 12.6. The van der Waals surface area contributed by atoms with Gasteiger partial charge in [-0.2, -0.15) is 5.26 Å². The van der Waals surface area contributed by atoms with Crippen LogP contribution in [0.25, 0.3) is 0 Å². The Labute approximate surface area is 123 Å². The first-order valence-electron chi connectivity index (χ1n) is 8.39. The van der Waals surface area contributed by atoms with Crippen LogP contribution < -0.4 is 5.32 Å². The number of amides is 1. The highest BCUT2D eigenvalue weighted by Crippen LogP contribution is 2.34. The van der Waals surface area contributed by atoms with Crippen LogP contribution in [0.15, 0.2) is 0 Å². The maximum Gasteiger partial charge on any atom is 0.221 e. The zero-order valence-corrected chi connectivity index (χ0v) is 12.8. The molecule has 2 fully saturated rings. The lowest BCUT2D eigenvalue weighted by Crippen LogP contribution is -2.50. The first kappa shape index (κ1) is 15.4. The fourth-order valence-electron chi connectivity index (χ4n) is 3.81. The Bertz CT molecular complexity index is 358. The predicted molar refractivity (Wildman–Crippen MR) is 79.9 cm³/mol. The molecular weight excluding hydrogens is 248 g/mol. The average molecular weight is 276 g/mol. The van der Waals surface area contributed by atoms with Gasteiger partial charge >= 0.3 is 0 Å². The van der Waals surface area contributed by atoms with Crippen LogP contribution >= 0.6 is 0 Å². The normalized spacial score (nSPS) is 31.5. The molecule has 0 aromatic rings. The molecule has 0 heterocycles. The topological polar surface area (TPSA) is 52.9 Å². The predicted octanol–water partition coefficient (Wildman–Crippen LogP) is 3.94. The molecule has 2 saturated carbocycles. The highest BCUT2D eigenvalue weighted by molar-refractivity contribution is 5.77. The Morgan fingerprint density at radius 1 is 1.15 bits per heavy atom. The second kappa shape index (κ2) is 7.11. The van der Waals surface area contributed by atoms with Gasteiger partial charge in [0.25, 0.3) is 0 Å². The van der Waals surface area contributed by atoms with Crippen molar-refractivity contribution in [3.8, 4) is 6.07 Å². The van der Waals surface area contributed by atoms with E-state index < -0.39 is 5.54 Å². The van der Waals surface area contributed by atoms with Crippen LogP contribution in [0.5, 0.6) is 0 Å². The number of nitriles is 1. The second-order valence-electron chi connectivity index (χ2n) is 6.80. The lowest BCUT2D eigenvalue weighted by Gasteiger charge is -2.35. The van der Waals surface area contributed by atoms with E-state index in [0.29, 0.717) is 12.3 Å². The lowest BCUT2D eigenvalue weighted by molar-refractivity contribution is -0.124. The molecule has 0 bridgehead atoms. The molecule has 3 heteroatoms. The molecule has 0 atom stereocenters. The molecule has 20 heavy (non-hydrogen) atoms. The van der Waals surface area contributed by atoms with E-state index in [0.717, 1.165) is 31.6 Å². The summed E-state index contributed by atoms with van der Waals surface area (Å²) >= 11 is 0. The summed E-state index contributed by atoms with van der Waals surface area (Å²) in [5.41, 5.74) is -0.572. The summed E-state index contributed by atoms with van der Waals surface area (Å²) in [6.45, 7) is 2.21. The highest BCUT2D eigenvalue weighted by Gasteiger charge is 2.36. The number of carbonyl (C=O) groups excluding carboxylic acids is 1. The van der Waals surface area contributed by atoms with E-state index >= 15 is 0 Å². The molecule has 3 nitrogen and oxygen atoms in total. The fourth-order valence-corrected chi connectivity index (χ4v) is 3.81. The van der Waals surface area contributed by atoms with Crippen LogP contribution in [-0.4, -0.2) is 11.4 Å². The number of hydrogen-bond donors (Lipinski definition) is 1. The molecule has 0 aromatic carbocycles. The quantitative estimate of drug-likeness (QED) is 0.845. The fraction of sp³-hybridized carbons (Fsp3) is 0.882. The van der Waals surface area contributed by atoms with Crippen LogP contribution in [0, 0.1) is 23.2 Å². The van der Waals surface area contributed by atoms with E-state index in [1.807, 2.05) is 0 Å². The monoisotopic (exact) mass is 276 g/mol. The molecule has 0 unspecified atom stereocenters. The summed E-state index contributed by atoms with van der Waals surface area (Å²) in [5.74, 6) is 1.39. The van der Waals surface area contributed by atoms with E-state index in [2.05, 4.69) is 18.3 Å². The summed E-state index contributed by atoms with van der Waals surface area (Å²) < 4.78 is 0. The third-order valence-corrected chi connectivity index (χ3v) is 5.33. The first-order chi connectivity index (χ1) is 9.67. The summed E-state index contributed by atoms with van der Waals surface area (Å²) in [4.78, 5) is 12.2. The Morgan fingerprint density at radius 3 is 2.35 bits per heavy atom. The van der Waals surface area contributed by atoms with Crippen molar-refractivity contribution < 1.29 is 4.79 Å². The van der Waals surface area contributed by atoms with Crippen molar-refractivity contribution in [3.63, 3.8) is 0 Å². The Kier molecular flexibility index (Phi) is 5.46. The van der Waals surface area contributed by atoms with Gasteiger partial charge in [0.15, 0.2) is 0 Å². The molecule has 2 aliphatic rings. The van der Waals surface area contributed by atoms with Crippen LogP contribution in [0.1, 0.15) is 77.6 Å². The second-order valence-corrected chi connectivity index (χ2v) is 6.80. The van der Waals surface area contributed by atoms with Gasteiger partial charge in [0, 0.05) is 6.42 Å². The zero-order valence-electron chi connectivity index (χ0n) is 12.8. The highest BCUT2D eigenvalue weighted by atomic mass is 16.1. The zero-order chi connectivity index (χ0) is 14.4. The van der Waals surface area contributed by atoms with Crippen LogP contribution in [0.2, 0.25) is 0 Å². The van der Waals surface area contributed by atoms with E-state index in [1.54, 1.807) is 0 Å². The van der Waals surface area contributed by atoms with Crippen LogP contribution in [-0.2, 0) is 4.79 Å². The van der Waals surface area contributed by atoms with Crippen molar-refractivity contribution in [1.29, 1.82) is 5.26 Å². The molecule has 1 amide bonds. The Morgan fingerprint density at radius 2 is 1.80 bits per heavy atom. The average Bonchev–Trinajstić information content (AvgIpc) is 2.49. The maximum absolute atomic E-state index is 12.2. The third kappa shape index (κ3) is 3.98. The SMILES string of the molecule is CCC1CCC(C#N)(NC(=O)CC2CCCCC2)CC1. The smallest absolute Gasteiger partial charge is 0.221 e. The number of hydrogen-bond acceptors (Lipinski definition) is 2. The lowest BCUT2D eigenvalue weighted by atomic mass is 9.76. The minimum Gasteiger partial charge on any atom is -0.338 e. The Balaban J connectivity index is 1.83. The molecule has 0 aromatic heterocycles. The van der Waals surface area contributed by atoms with Gasteiger partial charge in [-0.3, -0.25) is 4.79 Å². The van der Waals surface area contributed by atoms with E-state index in [4.69, 9.17) is 0 Å². The van der Waals surface area contributed by atoms with Gasteiger partial charge in [0.2, 0.25) is 5.91 Å². The molecule has 0 spiro atoms. The van der Waals surface area contributed by atoms with Gasteiger partial charge in [-0.15, -0.1) is 0 Å². The van der Waals surface area contributed by atoms with E-state index in [1.165, 1.54) is 38.5 Å². The van der Waals surface area contributed by atoms with Crippen LogP contribution in [0.3, 0.4) is 0 Å². The molecule has 0 radical (unpaired) electrons. The van der Waals surface area contributed by atoms with Crippen molar-refractivity contribution in [2.24, 2.45) is 11.8 Å². The van der Waals surface area contributed by atoms with Gasteiger partial charge < -0.3 is 5.32 Å². The number of nitrogens with one attached hydrogen (secondary N) is 1. The van der Waals surface area contributed by atoms with E-state index in [-0.39, 0.29) is 5.91 Å².